The molecule has 4 aromatic rings. The van der Waals surface area contributed by atoms with E-state index in [0.29, 0.717) is 9.59 Å². The molecule has 44 heavy (non-hydrogen) atoms. The quantitative estimate of drug-likeness (QED) is 0.208. The van der Waals surface area contributed by atoms with Gasteiger partial charge in [-0.1, -0.05) is 11.6 Å². The van der Waals surface area contributed by atoms with Crippen molar-refractivity contribution in [3.63, 3.8) is 0 Å². The summed E-state index contributed by atoms with van der Waals surface area (Å²) < 4.78 is 70.2. The molecule has 0 saturated heterocycles. The van der Waals surface area contributed by atoms with Gasteiger partial charge in [-0.3, -0.25) is 19.1 Å². The molecule has 232 valence electrons. The normalized spacial score (nSPS) is 18.8. The zero-order valence-corrected chi connectivity index (χ0v) is 23.1. The van der Waals surface area contributed by atoms with Crippen molar-refractivity contribution in [1.82, 2.24) is 34.1 Å². The molecule has 1 amide bonds. The summed E-state index contributed by atoms with van der Waals surface area (Å²) >= 11 is 5.90. The number of carbonyl (C=O) groups excluding carboxylic acids is 2. The molecule has 3 atom stereocenters. The Morgan fingerprint density at radius 2 is 1.77 bits per heavy atom. The summed E-state index contributed by atoms with van der Waals surface area (Å²) in [5.41, 5.74) is 4.27. The topological polar surface area (TPSA) is 164 Å². The molecule has 3 heterocycles. The van der Waals surface area contributed by atoms with Crippen LogP contribution in [0.25, 0.3) is 17.1 Å². The largest absolute Gasteiger partial charge is 0.416 e. The maximum atomic E-state index is 14.1. The third-order valence-corrected chi connectivity index (χ3v) is 7.33. The number of alkyl halides is 5. The molecular formula is C26H22ClF5N8O4. The zero-order valence-electron chi connectivity index (χ0n) is 22.3. The van der Waals surface area contributed by atoms with Gasteiger partial charge in [0.25, 0.3) is 0 Å². The van der Waals surface area contributed by atoms with Gasteiger partial charge in [-0.15, -0.1) is 10.2 Å². The number of rotatable bonds is 9. The van der Waals surface area contributed by atoms with E-state index in [1.807, 2.05) is 0 Å². The van der Waals surface area contributed by atoms with Crippen LogP contribution in [-0.4, -0.2) is 69.1 Å². The van der Waals surface area contributed by atoms with E-state index >= 15 is 0 Å². The Morgan fingerprint density at radius 1 is 1.09 bits per heavy atom. The second kappa shape index (κ2) is 11.5. The van der Waals surface area contributed by atoms with Crippen LogP contribution in [0.3, 0.4) is 0 Å². The number of carbonyl (C=O) groups is 2. The molecule has 12 nitrogen and oxygen atoms in total. The predicted molar refractivity (Wildman–Crippen MR) is 142 cm³/mol. The second-order valence-corrected chi connectivity index (χ2v) is 10.6. The van der Waals surface area contributed by atoms with Crippen molar-refractivity contribution in [2.45, 2.75) is 44.1 Å². The van der Waals surface area contributed by atoms with Gasteiger partial charge in [-0.2, -0.15) is 13.2 Å². The predicted octanol–water partition coefficient (Wildman–Crippen LogP) is 2.64. The number of ketones is 1. The van der Waals surface area contributed by atoms with Crippen LogP contribution in [0.5, 0.6) is 0 Å². The van der Waals surface area contributed by atoms with E-state index in [2.05, 4.69) is 20.2 Å². The number of primary amides is 1. The smallest absolute Gasteiger partial charge is 0.382 e. The Labute approximate surface area is 248 Å². The minimum atomic E-state index is -5.01. The van der Waals surface area contributed by atoms with Crippen molar-refractivity contribution in [3.05, 3.63) is 75.9 Å². The van der Waals surface area contributed by atoms with Gasteiger partial charge in [0.05, 0.1) is 18.2 Å². The fourth-order valence-corrected chi connectivity index (χ4v) is 5.08. The fourth-order valence-electron chi connectivity index (χ4n) is 4.95. The first-order valence-corrected chi connectivity index (χ1v) is 13.3. The Hall–Kier alpha value is -4.51. The van der Waals surface area contributed by atoms with Crippen molar-refractivity contribution in [2.24, 2.45) is 17.6 Å². The number of halogens is 6. The lowest BCUT2D eigenvalue weighted by Crippen LogP contribution is -2.37. The lowest BCUT2D eigenvalue weighted by Gasteiger charge is -2.15. The van der Waals surface area contributed by atoms with Gasteiger partial charge in [-0.25, -0.2) is 27.9 Å². The monoisotopic (exact) mass is 640 g/mol. The molecule has 5 rings (SSSR count). The van der Waals surface area contributed by atoms with E-state index in [1.54, 1.807) is 0 Å². The van der Waals surface area contributed by atoms with Crippen LogP contribution in [0.4, 0.5) is 22.0 Å². The number of hydrogen-bond acceptors (Lipinski definition) is 8. The van der Waals surface area contributed by atoms with E-state index in [1.165, 1.54) is 42.6 Å². The average molecular weight is 641 g/mol. The van der Waals surface area contributed by atoms with E-state index < -0.39 is 73.3 Å². The maximum absolute atomic E-state index is 14.1. The van der Waals surface area contributed by atoms with Crippen LogP contribution in [-0.2, 0) is 17.9 Å². The molecule has 1 aliphatic carbocycles. The number of nitrogens with two attached hydrogens (primary N) is 1. The zero-order chi connectivity index (χ0) is 32.0. The fraction of sp³-hybridized carbons (Fsp3) is 0.346. The molecule has 0 bridgehead atoms. The molecule has 1 aliphatic rings. The third kappa shape index (κ3) is 6.23. The Morgan fingerprint density at radius 3 is 2.43 bits per heavy atom. The summed E-state index contributed by atoms with van der Waals surface area (Å²) in [6, 6.07) is 8.60. The number of Topliss-reactive ketones (excluding diaryl/α,β-unsaturated/α-hetero) is 1. The van der Waals surface area contributed by atoms with Crippen LogP contribution < -0.4 is 11.4 Å². The summed E-state index contributed by atoms with van der Waals surface area (Å²) in [6.45, 7) is -1.58. The molecule has 3 aromatic heterocycles. The molecule has 18 heteroatoms. The van der Waals surface area contributed by atoms with Gasteiger partial charge < -0.3 is 10.8 Å². The molecule has 0 spiro atoms. The van der Waals surface area contributed by atoms with Gasteiger partial charge in [0, 0.05) is 35.5 Å². The highest BCUT2D eigenvalue weighted by atomic mass is 35.5. The summed E-state index contributed by atoms with van der Waals surface area (Å²) in [4.78, 5) is 46.4. The first-order chi connectivity index (χ1) is 20.6. The molecular weight excluding hydrogens is 619 g/mol. The lowest BCUT2D eigenvalue weighted by atomic mass is 9.89. The van der Waals surface area contributed by atoms with Crippen molar-refractivity contribution in [3.8, 4) is 17.1 Å². The highest BCUT2D eigenvalue weighted by Crippen LogP contribution is 2.44. The van der Waals surface area contributed by atoms with E-state index in [4.69, 9.17) is 17.3 Å². The number of aromatic nitrogens is 7. The Bertz CT molecular complexity index is 1770. The maximum Gasteiger partial charge on any atom is 0.416 e. The summed E-state index contributed by atoms with van der Waals surface area (Å²) in [5.74, 6) is -8.22. The van der Waals surface area contributed by atoms with Gasteiger partial charge >= 0.3 is 11.9 Å². The number of nitrogens with zero attached hydrogens (tertiary/aromatic N) is 7. The van der Waals surface area contributed by atoms with Gasteiger partial charge in [0.15, 0.2) is 23.5 Å². The number of aliphatic hydroxyl groups is 1. The highest BCUT2D eigenvalue weighted by molar-refractivity contribution is 6.30. The minimum Gasteiger partial charge on any atom is -0.382 e. The summed E-state index contributed by atoms with van der Waals surface area (Å²) in [6.07, 6.45) is -7.23. The summed E-state index contributed by atoms with van der Waals surface area (Å²) in [5, 5.41) is 18.3. The first-order valence-electron chi connectivity index (χ1n) is 12.9. The number of aliphatic hydroxyl groups excluding tert-OH is 1. The number of pyridine rings is 1. The number of hydrogen-bond donors (Lipinski definition) is 2. The van der Waals surface area contributed by atoms with Crippen molar-refractivity contribution >= 4 is 23.3 Å². The van der Waals surface area contributed by atoms with E-state index in [-0.39, 0.29) is 28.6 Å². The highest BCUT2D eigenvalue weighted by Gasteiger charge is 2.52. The van der Waals surface area contributed by atoms with Crippen molar-refractivity contribution < 1.29 is 36.6 Å². The molecule has 0 radical (unpaired) electrons. The molecule has 1 aromatic carbocycles. The third-order valence-electron chi connectivity index (χ3n) is 7.08. The molecule has 1 saturated carbocycles. The van der Waals surface area contributed by atoms with Crippen LogP contribution >= 0.6 is 11.6 Å². The molecule has 3 N–H and O–H groups in total. The van der Waals surface area contributed by atoms with Crippen LogP contribution in [0.2, 0.25) is 5.02 Å². The van der Waals surface area contributed by atoms with Crippen molar-refractivity contribution in [2.75, 3.05) is 0 Å². The van der Waals surface area contributed by atoms with E-state index in [9.17, 15) is 41.4 Å². The standard InChI is InChI=1S/C26H22ClF5N8O4/c27-14-5-3-13(4-6-14)23-37-39(24(44)38(23)10-18(41)26(30,31)32)11-19-35-12-40(36-19)17-2-1-7-34-20(17)21(42)15-8-25(28,29)9-16(15)22(33)43/h1-7,12,15-16,18,41H,8-11H2,(H2,33,43)/t15?,16?,18-/m0/s1. The van der Waals surface area contributed by atoms with Gasteiger partial charge in [0.2, 0.25) is 11.8 Å². The first kappa shape index (κ1) is 30.9. The number of amides is 1. The van der Waals surface area contributed by atoms with E-state index in [0.717, 1.165) is 15.7 Å². The van der Waals surface area contributed by atoms with Crippen LogP contribution in [0.15, 0.2) is 53.7 Å². The number of benzene rings is 1. The van der Waals surface area contributed by atoms with Crippen molar-refractivity contribution in [1.29, 1.82) is 0 Å². The van der Waals surface area contributed by atoms with Gasteiger partial charge in [-0.05, 0) is 36.4 Å². The molecule has 2 unspecified atom stereocenters. The van der Waals surface area contributed by atoms with Crippen LogP contribution in [0.1, 0.15) is 29.2 Å². The SMILES string of the molecule is NC(=O)C1CC(F)(F)CC1C(=O)c1ncccc1-n1cnc(Cn2nc(-c3ccc(Cl)cc3)n(C[C@H](O)C(F)(F)F)c2=O)n1. The van der Waals surface area contributed by atoms with Crippen LogP contribution in [0, 0.1) is 11.8 Å². The second-order valence-electron chi connectivity index (χ2n) is 10.2. The molecule has 1 fully saturated rings. The summed E-state index contributed by atoms with van der Waals surface area (Å²) in [7, 11) is 0. The average Bonchev–Trinajstić information content (AvgIpc) is 3.65. The molecule has 0 aliphatic heterocycles. The minimum absolute atomic E-state index is 0.0303. The lowest BCUT2D eigenvalue weighted by molar-refractivity contribution is -0.207. The Kier molecular flexibility index (Phi) is 8.11. The van der Waals surface area contributed by atoms with Gasteiger partial charge in [0.1, 0.15) is 18.6 Å². The Balaban J connectivity index is 1.46.